The number of carbonyl (C=O) groups is 2. The molecule has 0 radical (unpaired) electrons. The fourth-order valence-corrected chi connectivity index (χ4v) is 3.02. The number of carboxylic acid groups (broad SMARTS) is 1. The number of carbonyl (C=O) groups excluding carboxylic acids is 1. The topological polar surface area (TPSA) is 66.4 Å². The first-order valence-electron chi connectivity index (χ1n) is 6.16. The summed E-state index contributed by atoms with van der Waals surface area (Å²) in [5, 5.41) is 11.7. The van der Waals surface area contributed by atoms with Crippen LogP contribution in [0.25, 0.3) is 0 Å². The third-order valence-electron chi connectivity index (χ3n) is 3.21. The van der Waals surface area contributed by atoms with Crippen molar-refractivity contribution in [2.24, 2.45) is 5.92 Å². The van der Waals surface area contributed by atoms with Gasteiger partial charge >= 0.3 is 5.97 Å². The molecule has 0 spiro atoms. The number of hydrogen-bond donors (Lipinski definition) is 2. The second-order valence-corrected chi connectivity index (χ2v) is 5.83. The second kappa shape index (κ2) is 5.10. The monoisotopic (exact) mass is 267 g/mol. The van der Waals surface area contributed by atoms with Crippen molar-refractivity contribution in [2.75, 3.05) is 0 Å². The van der Waals surface area contributed by atoms with E-state index < -0.39 is 12.0 Å². The van der Waals surface area contributed by atoms with Crippen LogP contribution in [0.3, 0.4) is 0 Å². The lowest BCUT2D eigenvalue weighted by Crippen LogP contribution is -2.42. The van der Waals surface area contributed by atoms with Gasteiger partial charge in [-0.25, -0.2) is 4.79 Å². The van der Waals surface area contributed by atoms with E-state index in [1.165, 1.54) is 16.2 Å². The van der Waals surface area contributed by atoms with E-state index >= 15 is 0 Å². The molecule has 1 heterocycles. The largest absolute Gasteiger partial charge is 0.480 e. The van der Waals surface area contributed by atoms with Crippen molar-refractivity contribution in [1.82, 2.24) is 5.32 Å². The minimum Gasteiger partial charge on any atom is -0.480 e. The lowest BCUT2D eigenvalue weighted by molar-refractivity contribution is -0.139. The molecule has 0 aliphatic heterocycles. The third kappa shape index (κ3) is 2.72. The number of aryl methyl sites for hydroxylation is 2. The zero-order valence-corrected chi connectivity index (χ0v) is 11.3. The number of nitrogens with one attached hydrogen (secondary N) is 1. The molecule has 1 aromatic rings. The average Bonchev–Trinajstić information content (AvgIpc) is 3.08. The highest BCUT2D eigenvalue weighted by Crippen LogP contribution is 2.33. The van der Waals surface area contributed by atoms with Crippen molar-refractivity contribution in [3.05, 3.63) is 21.4 Å². The van der Waals surface area contributed by atoms with Gasteiger partial charge < -0.3 is 10.4 Å². The van der Waals surface area contributed by atoms with Gasteiger partial charge in [0.2, 0.25) is 0 Å². The summed E-state index contributed by atoms with van der Waals surface area (Å²) in [5.74, 6) is -1.09. The molecule has 1 saturated carbocycles. The minimum absolute atomic E-state index is 0.109. The predicted molar refractivity (Wildman–Crippen MR) is 70.0 cm³/mol. The Labute approximate surface area is 110 Å². The van der Waals surface area contributed by atoms with E-state index in [4.69, 9.17) is 5.11 Å². The van der Waals surface area contributed by atoms with Crippen molar-refractivity contribution in [1.29, 1.82) is 0 Å². The van der Waals surface area contributed by atoms with E-state index in [0.29, 0.717) is 4.88 Å². The van der Waals surface area contributed by atoms with Crippen LogP contribution in [0.2, 0.25) is 0 Å². The zero-order chi connectivity index (χ0) is 13.3. The van der Waals surface area contributed by atoms with Crippen LogP contribution in [0.4, 0.5) is 0 Å². The highest BCUT2D eigenvalue weighted by atomic mass is 32.1. The highest BCUT2D eigenvalue weighted by molar-refractivity contribution is 7.14. The van der Waals surface area contributed by atoms with Crippen LogP contribution in [-0.4, -0.2) is 23.0 Å². The summed E-state index contributed by atoms with van der Waals surface area (Å²) >= 11 is 1.45. The summed E-state index contributed by atoms with van der Waals surface area (Å²) in [7, 11) is 0. The van der Waals surface area contributed by atoms with E-state index in [1.54, 1.807) is 0 Å². The standard InChI is InChI=1S/C13H17NO3S/c1-3-9-7(2)6-10(18-9)12(15)14-11(13(16)17)8-4-5-8/h6,8,11H,3-5H2,1-2H3,(H,14,15)(H,16,17). The van der Waals surface area contributed by atoms with E-state index in [1.807, 2.05) is 19.9 Å². The Balaban J connectivity index is 2.08. The summed E-state index contributed by atoms with van der Waals surface area (Å²) < 4.78 is 0. The van der Waals surface area contributed by atoms with Gasteiger partial charge in [0, 0.05) is 4.88 Å². The lowest BCUT2D eigenvalue weighted by Gasteiger charge is -2.12. The fraction of sp³-hybridized carbons (Fsp3) is 0.538. The van der Waals surface area contributed by atoms with Gasteiger partial charge in [0.15, 0.2) is 0 Å². The van der Waals surface area contributed by atoms with Gasteiger partial charge in [-0.1, -0.05) is 6.92 Å². The Hall–Kier alpha value is -1.36. The number of rotatable bonds is 5. The number of thiophene rings is 1. The number of hydrogen-bond acceptors (Lipinski definition) is 3. The van der Waals surface area contributed by atoms with Crippen molar-refractivity contribution >= 4 is 23.2 Å². The molecule has 0 aromatic carbocycles. The smallest absolute Gasteiger partial charge is 0.326 e. The molecule has 18 heavy (non-hydrogen) atoms. The SMILES string of the molecule is CCc1sc(C(=O)NC(C(=O)O)C2CC2)cc1C. The molecule has 1 aromatic heterocycles. The van der Waals surface area contributed by atoms with Crippen LogP contribution in [0.15, 0.2) is 6.07 Å². The summed E-state index contributed by atoms with van der Waals surface area (Å²) in [4.78, 5) is 24.9. The van der Waals surface area contributed by atoms with Gasteiger partial charge in [-0.05, 0) is 43.7 Å². The van der Waals surface area contributed by atoms with Crippen molar-refractivity contribution in [3.63, 3.8) is 0 Å². The number of aliphatic carboxylic acids is 1. The van der Waals surface area contributed by atoms with Gasteiger partial charge in [0.1, 0.15) is 6.04 Å². The first-order valence-corrected chi connectivity index (χ1v) is 6.97. The molecule has 2 rings (SSSR count). The Morgan fingerprint density at radius 2 is 2.22 bits per heavy atom. The maximum Gasteiger partial charge on any atom is 0.326 e. The molecule has 0 bridgehead atoms. The van der Waals surface area contributed by atoms with Crippen LogP contribution in [-0.2, 0) is 11.2 Å². The first-order chi connectivity index (χ1) is 8.52. The molecule has 1 amide bonds. The molecule has 2 N–H and O–H groups in total. The van der Waals surface area contributed by atoms with E-state index in [2.05, 4.69) is 5.32 Å². The lowest BCUT2D eigenvalue weighted by atomic mass is 10.2. The van der Waals surface area contributed by atoms with E-state index in [9.17, 15) is 9.59 Å². The van der Waals surface area contributed by atoms with Crippen LogP contribution in [0.1, 0.15) is 39.9 Å². The van der Waals surface area contributed by atoms with Gasteiger partial charge in [-0.2, -0.15) is 0 Å². The van der Waals surface area contributed by atoms with Gasteiger partial charge in [-0.3, -0.25) is 4.79 Å². The van der Waals surface area contributed by atoms with Crippen molar-refractivity contribution in [2.45, 2.75) is 39.2 Å². The summed E-state index contributed by atoms with van der Waals surface area (Å²) in [5.41, 5.74) is 1.10. The predicted octanol–water partition coefficient (Wildman–Crippen LogP) is 2.21. The molecule has 1 aliphatic carbocycles. The van der Waals surface area contributed by atoms with Gasteiger partial charge in [0.25, 0.3) is 5.91 Å². The number of amides is 1. The maximum atomic E-state index is 12.0. The van der Waals surface area contributed by atoms with Crippen LogP contribution >= 0.6 is 11.3 Å². The molecule has 1 atom stereocenters. The zero-order valence-electron chi connectivity index (χ0n) is 10.5. The maximum absolute atomic E-state index is 12.0. The molecule has 1 fully saturated rings. The van der Waals surface area contributed by atoms with Gasteiger partial charge in [0.05, 0.1) is 4.88 Å². The minimum atomic E-state index is -0.935. The first kappa shape index (κ1) is 13.1. The molecule has 5 heteroatoms. The fourth-order valence-electron chi connectivity index (χ4n) is 2.01. The van der Waals surface area contributed by atoms with E-state index in [-0.39, 0.29) is 11.8 Å². The molecule has 4 nitrogen and oxygen atoms in total. The molecule has 1 aliphatic rings. The normalized spacial score (nSPS) is 16.3. The van der Waals surface area contributed by atoms with Crippen LogP contribution < -0.4 is 5.32 Å². The van der Waals surface area contributed by atoms with Crippen LogP contribution in [0, 0.1) is 12.8 Å². The molecular formula is C13H17NO3S. The van der Waals surface area contributed by atoms with Crippen LogP contribution in [0.5, 0.6) is 0 Å². The summed E-state index contributed by atoms with van der Waals surface area (Å²) in [6.07, 6.45) is 2.68. The Kier molecular flexibility index (Phi) is 3.71. The Morgan fingerprint density at radius 1 is 1.56 bits per heavy atom. The highest BCUT2D eigenvalue weighted by Gasteiger charge is 2.37. The molecule has 98 valence electrons. The molecule has 1 unspecified atom stereocenters. The number of carboxylic acids is 1. The summed E-state index contributed by atoms with van der Waals surface area (Å²) in [6.45, 7) is 4.02. The quantitative estimate of drug-likeness (QED) is 0.859. The van der Waals surface area contributed by atoms with E-state index in [0.717, 1.165) is 24.8 Å². The second-order valence-electron chi connectivity index (χ2n) is 4.70. The summed E-state index contributed by atoms with van der Waals surface area (Å²) in [6, 6.07) is 1.11. The van der Waals surface area contributed by atoms with Crippen molar-refractivity contribution < 1.29 is 14.7 Å². The molecular weight excluding hydrogens is 250 g/mol. The Morgan fingerprint density at radius 3 is 2.67 bits per heavy atom. The molecule has 0 saturated heterocycles. The Bertz CT molecular complexity index is 477. The van der Waals surface area contributed by atoms with Crippen molar-refractivity contribution in [3.8, 4) is 0 Å². The third-order valence-corrected chi connectivity index (χ3v) is 4.59. The van der Waals surface area contributed by atoms with Gasteiger partial charge in [-0.15, -0.1) is 11.3 Å². The average molecular weight is 267 g/mol.